The van der Waals surface area contributed by atoms with Crippen LogP contribution < -0.4 is 10.6 Å². The molecule has 1 atom stereocenters. The molecule has 2 bridgehead atoms. The number of rotatable bonds is 7. The quantitative estimate of drug-likeness (QED) is 0.278. The van der Waals surface area contributed by atoms with Crippen LogP contribution in [0.2, 0.25) is 5.02 Å². The minimum atomic E-state index is -0.415. The van der Waals surface area contributed by atoms with Crippen molar-refractivity contribution in [1.29, 1.82) is 5.26 Å². The first-order chi connectivity index (χ1) is 18.1. The first kappa shape index (κ1) is 24.6. The lowest BCUT2D eigenvalue weighted by atomic mass is 9.50. The minimum absolute atomic E-state index is 0.00186. The second-order valence-corrected chi connectivity index (χ2v) is 12.3. The third kappa shape index (κ3) is 4.35. The highest BCUT2D eigenvalue weighted by atomic mass is 35.5. The van der Waals surface area contributed by atoms with E-state index in [-0.39, 0.29) is 16.8 Å². The number of anilines is 2. The number of pyridine rings is 1. The summed E-state index contributed by atoms with van der Waals surface area (Å²) in [5.74, 6) is 0.510. The van der Waals surface area contributed by atoms with Crippen molar-refractivity contribution in [2.75, 3.05) is 17.2 Å². The fourth-order valence-corrected chi connectivity index (χ4v) is 5.72. The highest BCUT2D eigenvalue weighted by molar-refractivity contribution is 6.32. The van der Waals surface area contributed by atoms with Gasteiger partial charge in [-0.3, -0.25) is 4.98 Å². The molecule has 3 saturated carbocycles. The molecule has 2 aromatic carbocycles. The molecule has 194 valence electrons. The van der Waals surface area contributed by atoms with Crippen LogP contribution in [0.4, 0.5) is 15.8 Å². The monoisotopic (exact) mass is 529 g/mol. The molecule has 3 aliphatic rings. The predicted molar refractivity (Wildman–Crippen MR) is 147 cm³/mol. The van der Waals surface area contributed by atoms with Crippen molar-refractivity contribution in [2.45, 2.75) is 51.6 Å². The summed E-state index contributed by atoms with van der Waals surface area (Å²) in [5.41, 5.74) is 4.18. The lowest BCUT2D eigenvalue weighted by molar-refractivity contribution is -0.0989. The summed E-state index contributed by atoms with van der Waals surface area (Å²) in [6.07, 6.45) is 7.04. The predicted octanol–water partition coefficient (Wildman–Crippen LogP) is 6.66. The third-order valence-corrected chi connectivity index (χ3v) is 7.87. The average molecular weight is 530 g/mol. The van der Waals surface area contributed by atoms with Gasteiger partial charge < -0.3 is 10.6 Å². The molecule has 9 heteroatoms. The zero-order valence-electron chi connectivity index (χ0n) is 21.6. The molecule has 7 rings (SSSR count). The van der Waals surface area contributed by atoms with Crippen LogP contribution in [0.1, 0.15) is 62.9 Å². The maximum absolute atomic E-state index is 13.8. The van der Waals surface area contributed by atoms with Crippen LogP contribution in [0.15, 0.2) is 48.8 Å². The molecule has 0 spiro atoms. The Balaban J connectivity index is 1.43. The van der Waals surface area contributed by atoms with E-state index < -0.39 is 6.04 Å². The van der Waals surface area contributed by atoms with E-state index >= 15 is 0 Å². The molecular formula is C29H29ClFN7. The van der Waals surface area contributed by atoms with E-state index in [1.807, 2.05) is 23.0 Å². The molecule has 38 heavy (non-hydrogen) atoms. The summed E-state index contributed by atoms with van der Waals surface area (Å²) in [5, 5.41) is 27.1. The first-order valence-corrected chi connectivity index (χ1v) is 13.2. The topological polar surface area (TPSA) is 91.5 Å². The molecule has 2 aromatic heterocycles. The Hall–Kier alpha value is -3.70. The molecule has 0 amide bonds. The molecular weight excluding hydrogens is 501 g/mol. The van der Waals surface area contributed by atoms with E-state index in [1.54, 1.807) is 18.3 Å². The van der Waals surface area contributed by atoms with E-state index in [2.05, 4.69) is 52.8 Å². The second kappa shape index (κ2) is 8.95. The van der Waals surface area contributed by atoms with Crippen LogP contribution in [-0.2, 0) is 5.54 Å². The lowest BCUT2D eigenvalue weighted by Gasteiger charge is -2.61. The molecule has 0 radical (unpaired) electrons. The van der Waals surface area contributed by atoms with E-state index in [4.69, 9.17) is 11.6 Å². The number of hydrogen-bond acceptors (Lipinski definition) is 6. The zero-order chi connectivity index (χ0) is 26.7. The van der Waals surface area contributed by atoms with Crippen molar-refractivity contribution >= 4 is 33.9 Å². The molecule has 0 unspecified atom stereocenters. The van der Waals surface area contributed by atoms with Crippen molar-refractivity contribution in [3.63, 3.8) is 0 Å². The molecule has 2 heterocycles. The maximum Gasteiger partial charge on any atom is 0.123 e. The summed E-state index contributed by atoms with van der Waals surface area (Å²) in [4.78, 5) is 4.64. The van der Waals surface area contributed by atoms with Gasteiger partial charge in [-0.05, 0) is 60.4 Å². The van der Waals surface area contributed by atoms with Gasteiger partial charge in [0.1, 0.15) is 17.6 Å². The smallest absolute Gasteiger partial charge is 0.123 e. The summed E-state index contributed by atoms with van der Waals surface area (Å²) < 4.78 is 15.8. The molecule has 0 aliphatic heterocycles. The van der Waals surface area contributed by atoms with Gasteiger partial charge in [0.2, 0.25) is 0 Å². The van der Waals surface area contributed by atoms with Gasteiger partial charge in [-0.25, -0.2) is 9.07 Å². The standard InChI is InChI=1S/C29H29ClFN7/c1-28(2,3)16-34-25-19(13-32)14-33-27-22(25)8-20(30)9-23(27)35-26(18-4-6-21(31)7-5-18)24-15-38(37-36-24)29-10-17(11-29)12-29/h4-9,14-15,17,26,35H,10-12,16H2,1-3H3,(H,33,34)/t17?,26-,29?/m0/s1. The van der Waals surface area contributed by atoms with Crippen LogP contribution in [0.3, 0.4) is 0 Å². The van der Waals surface area contributed by atoms with Crippen molar-refractivity contribution in [3.05, 3.63) is 76.5 Å². The second-order valence-electron chi connectivity index (χ2n) is 11.8. The minimum Gasteiger partial charge on any atom is -0.383 e. The van der Waals surface area contributed by atoms with Crippen molar-refractivity contribution in [2.24, 2.45) is 11.3 Å². The summed E-state index contributed by atoms with van der Waals surface area (Å²) in [6.45, 7) is 7.05. The molecule has 0 saturated heterocycles. The fraction of sp³-hybridized carbons (Fsp3) is 0.379. The molecule has 2 N–H and O–H groups in total. The number of nitrogens with one attached hydrogen (secondary N) is 2. The van der Waals surface area contributed by atoms with Crippen molar-refractivity contribution in [1.82, 2.24) is 20.0 Å². The average Bonchev–Trinajstić information content (AvgIpc) is 3.28. The maximum atomic E-state index is 13.8. The van der Waals surface area contributed by atoms with Crippen LogP contribution >= 0.6 is 11.6 Å². The number of halogens is 2. The van der Waals surface area contributed by atoms with Crippen LogP contribution in [0, 0.1) is 28.5 Å². The van der Waals surface area contributed by atoms with Gasteiger partial charge in [-0.15, -0.1) is 5.10 Å². The largest absolute Gasteiger partial charge is 0.383 e. The van der Waals surface area contributed by atoms with Crippen LogP contribution in [0.5, 0.6) is 0 Å². The number of hydrogen-bond donors (Lipinski definition) is 2. The van der Waals surface area contributed by atoms with Gasteiger partial charge >= 0.3 is 0 Å². The highest BCUT2D eigenvalue weighted by Crippen LogP contribution is 2.62. The highest BCUT2D eigenvalue weighted by Gasteiger charge is 2.58. The van der Waals surface area contributed by atoms with Gasteiger partial charge in [-0.1, -0.05) is 49.7 Å². The molecule has 7 nitrogen and oxygen atoms in total. The van der Waals surface area contributed by atoms with Gasteiger partial charge in [0.15, 0.2) is 0 Å². The third-order valence-electron chi connectivity index (χ3n) is 7.65. The Morgan fingerprint density at radius 3 is 2.58 bits per heavy atom. The van der Waals surface area contributed by atoms with E-state index in [0.29, 0.717) is 34.0 Å². The van der Waals surface area contributed by atoms with Gasteiger partial charge in [0.25, 0.3) is 0 Å². The Morgan fingerprint density at radius 2 is 1.95 bits per heavy atom. The summed E-state index contributed by atoms with van der Waals surface area (Å²) in [6, 6.07) is 11.9. The van der Waals surface area contributed by atoms with Crippen LogP contribution in [0.25, 0.3) is 10.9 Å². The van der Waals surface area contributed by atoms with Crippen LogP contribution in [-0.4, -0.2) is 26.5 Å². The Bertz CT molecular complexity index is 1550. The Morgan fingerprint density at radius 1 is 1.21 bits per heavy atom. The lowest BCUT2D eigenvalue weighted by Crippen LogP contribution is -2.59. The van der Waals surface area contributed by atoms with Gasteiger partial charge in [0.05, 0.1) is 40.2 Å². The summed E-state index contributed by atoms with van der Waals surface area (Å²) in [7, 11) is 0. The molecule has 3 aliphatic carbocycles. The zero-order valence-corrected chi connectivity index (χ0v) is 22.3. The number of aromatic nitrogens is 4. The van der Waals surface area contributed by atoms with Crippen molar-refractivity contribution in [3.8, 4) is 6.07 Å². The van der Waals surface area contributed by atoms with Gasteiger partial charge in [0, 0.05) is 23.2 Å². The first-order valence-electron chi connectivity index (χ1n) is 12.9. The SMILES string of the molecule is CC(C)(C)CNc1c(C#N)cnc2c(N[C@@H](c3ccc(F)cc3)c3cn(C45CC(C4)C5)nn3)cc(Cl)cc12. The van der Waals surface area contributed by atoms with E-state index in [1.165, 1.54) is 12.1 Å². The normalized spacial score (nSPS) is 20.8. The molecule has 4 aromatic rings. The fourth-order valence-electron chi connectivity index (χ4n) is 5.50. The number of nitrogens with zero attached hydrogens (tertiary/aromatic N) is 5. The Kier molecular flexibility index (Phi) is 5.80. The van der Waals surface area contributed by atoms with E-state index in [0.717, 1.165) is 41.8 Å². The van der Waals surface area contributed by atoms with Gasteiger partial charge in [-0.2, -0.15) is 5.26 Å². The number of nitriles is 1. The molecule has 3 fully saturated rings. The van der Waals surface area contributed by atoms with E-state index in [9.17, 15) is 9.65 Å². The Labute approximate surface area is 226 Å². The number of fused-ring (bicyclic) bond motifs is 1. The summed E-state index contributed by atoms with van der Waals surface area (Å²) >= 11 is 6.61. The number of benzene rings is 2. The van der Waals surface area contributed by atoms with Crippen molar-refractivity contribution < 1.29 is 4.39 Å².